The Labute approximate surface area is 165 Å². The van der Waals surface area contributed by atoms with E-state index in [2.05, 4.69) is 10.8 Å². The Kier molecular flexibility index (Phi) is 8.48. The van der Waals surface area contributed by atoms with E-state index < -0.39 is 11.9 Å². The first kappa shape index (κ1) is 20.9. The van der Waals surface area contributed by atoms with Gasteiger partial charge in [-0.3, -0.25) is 4.79 Å². The van der Waals surface area contributed by atoms with Crippen molar-refractivity contribution in [2.24, 2.45) is 5.92 Å². The van der Waals surface area contributed by atoms with Crippen molar-refractivity contribution in [1.82, 2.24) is 4.90 Å². The Hall–Kier alpha value is -3.39. The first-order valence-corrected chi connectivity index (χ1v) is 9.14. The molecule has 1 atom stereocenters. The zero-order valence-electron chi connectivity index (χ0n) is 16.0. The topological polar surface area (TPSA) is 70.4 Å². The van der Waals surface area contributed by atoms with Gasteiger partial charge in [0.2, 0.25) is 5.91 Å². The number of nitriles is 1. The predicted molar refractivity (Wildman–Crippen MR) is 107 cm³/mol. The SMILES string of the molecule is COC(=O)/C=C/CCN(Cc1ccccc1)C(=O)C(C#N)Cc1ccccc1. The summed E-state index contributed by atoms with van der Waals surface area (Å²) in [6.07, 6.45) is 3.89. The number of rotatable bonds is 9. The summed E-state index contributed by atoms with van der Waals surface area (Å²) in [7, 11) is 1.32. The molecule has 0 aliphatic rings. The highest BCUT2D eigenvalue weighted by Crippen LogP contribution is 2.15. The minimum Gasteiger partial charge on any atom is -0.466 e. The normalized spacial score (nSPS) is 11.6. The minimum absolute atomic E-state index is 0.207. The van der Waals surface area contributed by atoms with Crippen molar-refractivity contribution in [3.8, 4) is 6.07 Å². The minimum atomic E-state index is -0.754. The Morgan fingerprint density at radius 2 is 1.68 bits per heavy atom. The number of carbonyl (C=O) groups is 2. The third kappa shape index (κ3) is 6.73. The van der Waals surface area contributed by atoms with Gasteiger partial charge in [-0.2, -0.15) is 5.26 Å². The van der Waals surface area contributed by atoms with Gasteiger partial charge in [0.05, 0.1) is 13.2 Å². The lowest BCUT2D eigenvalue weighted by Crippen LogP contribution is -2.36. The van der Waals surface area contributed by atoms with Crippen LogP contribution < -0.4 is 0 Å². The molecular formula is C23H24N2O3. The fraction of sp³-hybridized carbons (Fsp3) is 0.261. The number of nitrogens with zero attached hydrogens (tertiary/aromatic N) is 2. The van der Waals surface area contributed by atoms with Crippen molar-refractivity contribution in [3.05, 3.63) is 83.9 Å². The molecule has 0 saturated heterocycles. The van der Waals surface area contributed by atoms with Crippen molar-refractivity contribution in [2.75, 3.05) is 13.7 Å². The van der Waals surface area contributed by atoms with Gasteiger partial charge in [-0.15, -0.1) is 0 Å². The van der Waals surface area contributed by atoms with Gasteiger partial charge in [0, 0.05) is 19.2 Å². The second-order valence-electron chi connectivity index (χ2n) is 6.33. The van der Waals surface area contributed by atoms with E-state index in [0.717, 1.165) is 11.1 Å². The van der Waals surface area contributed by atoms with Gasteiger partial charge >= 0.3 is 5.97 Å². The third-order valence-corrected chi connectivity index (χ3v) is 4.29. The van der Waals surface area contributed by atoms with Crippen LogP contribution in [-0.4, -0.2) is 30.4 Å². The zero-order chi connectivity index (χ0) is 20.2. The summed E-state index contributed by atoms with van der Waals surface area (Å²) in [4.78, 5) is 25.9. The number of hydrogen-bond donors (Lipinski definition) is 0. The molecule has 0 saturated carbocycles. The van der Waals surface area contributed by atoms with Crippen LogP contribution in [0.1, 0.15) is 17.5 Å². The average molecular weight is 376 g/mol. The highest BCUT2D eigenvalue weighted by atomic mass is 16.5. The van der Waals surface area contributed by atoms with Gasteiger partial charge in [0.15, 0.2) is 0 Å². The lowest BCUT2D eigenvalue weighted by Gasteiger charge is -2.25. The molecule has 0 radical (unpaired) electrons. The van der Waals surface area contributed by atoms with Crippen molar-refractivity contribution in [3.63, 3.8) is 0 Å². The van der Waals surface area contributed by atoms with E-state index in [0.29, 0.717) is 25.9 Å². The lowest BCUT2D eigenvalue weighted by atomic mass is 9.99. The second-order valence-corrected chi connectivity index (χ2v) is 6.33. The molecule has 0 aliphatic carbocycles. The molecule has 0 bridgehead atoms. The molecule has 2 rings (SSSR count). The summed E-state index contributed by atoms with van der Waals surface area (Å²) >= 11 is 0. The fourth-order valence-electron chi connectivity index (χ4n) is 2.81. The fourth-order valence-corrected chi connectivity index (χ4v) is 2.81. The monoisotopic (exact) mass is 376 g/mol. The van der Waals surface area contributed by atoms with E-state index in [1.807, 2.05) is 60.7 Å². The molecule has 0 heterocycles. The summed E-state index contributed by atoms with van der Waals surface area (Å²) in [5.41, 5.74) is 1.94. The molecule has 0 N–H and O–H groups in total. The van der Waals surface area contributed by atoms with Crippen LogP contribution in [0.5, 0.6) is 0 Å². The van der Waals surface area contributed by atoms with E-state index in [9.17, 15) is 14.9 Å². The van der Waals surface area contributed by atoms with Gasteiger partial charge in [0.1, 0.15) is 5.92 Å². The van der Waals surface area contributed by atoms with Gasteiger partial charge in [-0.25, -0.2) is 4.79 Å². The van der Waals surface area contributed by atoms with Crippen LogP contribution in [0.15, 0.2) is 72.8 Å². The number of methoxy groups -OCH3 is 1. The molecule has 1 unspecified atom stereocenters. The molecule has 0 aliphatic heterocycles. The number of benzene rings is 2. The summed E-state index contributed by atoms with van der Waals surface area (Å²) in [5, 5.41) is 9.58. The number of carbonyl (C=O) groups excluding carboxylic acids is 2. The molecule has 1 amide bonds. The molecule has 28 heavy (non-hydrogen) atoms. The largest absolute Gasteiger partial charge is 0.466 e. The molecule has 5 heteroatoms. The average Bonchev–Trinajstić information content (AvgIpc) is 2.74. The molecule has 0 fully saturated rings. The Bertz CT molecular complexity index is 826. The van der Waals surface area contributed by atoms with Gasteiger partial charge < -0.3 is 9.64 Å². The third-order valence-electron chi connectivity index (χ3n) is 4.29. The van der Waals surface area contributed by atoms with Crippen molar-refractivity contribution < 1.29 is 14.3 Å². The number of ether oxygens (including phenoxy) is 1. The highest BCUT2D eigenvalue weighted by molar-refractivity contribution is 5.82. The second kappa shape index (κ2) is 11.3. The van der Waals surface area contributed by atoms with E-state index in [-0.39, 0.29) is 5.91 Å². The maximum absolute atomic E-state index is 13.1. The van der Waals surface area contributed by atoms with E-state index >= 15 is 0 Å². The van der Waals surface area contributed by atoms with E-state index in [4.69, 9.17) is 0 Å². The zero-order valence-corrected chi connectivity index (χ0v) is 16.0. The van der Waals surface area contributed by atoms with Crippen LogP contribution in [0.3, 0.4) is 0 Å². The van der Waals surface area contributed by atoms with E-state index in [1.54, 1.807) is 11.0 Å². The summed E-state index contributed by atoms with van der Waals surface area (Å²) < 4.78 is 4.57. The number of esters is 1. The van der Waals surface area contributed by atoms with Crippen molar-refractivity contribution in [2.45, 2.75) is 19.4 Å². The predicted octanol–water partition coefficient (Wildman–Crippen LogP) is 3.52. The summed E-state index contributed by atoms with van der Waals surface area (Å²) in [5.74, 6) is -1.39. The molecule has 2 aromatic rings. The summed E-state index contributed by atoms with van der Waals surface area (Å²) in [6.45, 7) is 0.826. The molecule has 0 aromatic heterocycles. The molecule has 2 aromatic carbocycles. The molecule has 5 nitrogen and oxygen atoms in total. The first-order valence-electron chi connectivity index (χ1n) is 9.14. The Morgan fingerprint density at radius 1 is 1.07 bits per heavy atom. The maximum Gasteiger partial charge on any atom is 0.330 e. The van der Waals surface area contributed by atoms with Crippen molar-refractivity contribution >= 4 is 11.9 Å². The first-order chi connectivity index (χ1) is 13.6. The number of hydrogen-bond acceptors (Lipinski definition) is 4. The van der Waals surface area contributed by atoms with Crippen LogP contribution >= 0.6 is 0 Å². The van der Waals surface area contributed by atoms with Gasteiger partial charge in [-0.05, 0) is 24.0 Å². The molecule has 144 valence electrons. The van der Waals surface area contributed by atoms with Crippen LogP contribution in [0.4, 0.5) is 0 Å². The van der Waals surface area contributed by atoms with Gasteiger partial charge in [-0.1, -0.05) is 66.7 Å². The van der Waals surface area contributed by atoms with Crippen LogP contribution in [0.25, 0.3) is 0 Å². The van der Waals surface area contributed by atoms with E-state index in [1.165, 1.54) is 13.2 Å². The highest BCUT2D eigenvalue weighted by Gasteiger charge is 2.24. The quantitative estimate of drug-likeness (QED) is 0.496. The maximum atomic E-state index is 13.1. The van der Waals surface area contributed by atoms with Crippen LogP contribution in [0.2, 0.25) is 0 Å². The Morgan fingerprint density at radius 3 is 2.25 bits per heavy atom. The molecular weight excluding hydrogens is 352 g/mol. The standard InChI is InChI=1S/C23H24N2O3/c1-28-22(26)14-8-9-15-25(18-20-12-6-3-7-13-20)23(27)21(17-24)16-19-10-4-2-5-11-19/h2-8,10-14,21H,9,15-16,18H2,1H3/b14-8+. The van der Waals surface area contributed by atoms with Crippen LogP contribution in [0, 0.1) is 17.2 Å². The summed E-state index contributed by atoms with van der Waals surface area (Å²) in [6, 6.07) is 21.3. The van der Waals surface area contributed by atoms with Gasteiger partial charge in [0.25, 0.3) is 0 Å². The van der Waals surface area contributed by atoms with Crippen molar-refractivity contribution in [1.29, 1.82) is 5.26 Å². The lowest BCUT2D eigenvalue weighted by molar-refractivity contribution is -0.135. The number of amides is 1. The Balaban J connectivity index is 2.10. The smallest absolute Gasteiger partial charge is 0.330 e. The van der Waals surface area contributed by atoms with Crippen LogP contribution in [-0.2, 0) is 27.3 Å². The molecule has 0 spiro atoms.